The highest BCUT2D eigenvalue weighted by atomic mass is 32.2. The number of nitrogens with zero attached hydrogens (tertiary/aromatic N) is 3. The number of rotatable bonds is 6. The molecule has 1 aromatic carbocycles. The molecule has 0 atom stereocenters. The molecule has 0 saturated carbocycles. The highest BCUT2D eigenvalue weighted by molar-refractivity contribution is 7.92. The van der Waals surface area contributed by atoms with Crippen molar-refractivity contribution in [3.05, 3.63) is 65.6 Å². The summed E-state index contributed by atoms with van der Waals surface area (Å²) in [6.45, 7) is 2.42. The lowest BCUT2D eigenvalue weighted by molar-refractivity contribution is 0.584. The molecule has 0 bridgehead atoms. The van der Waals surface area contributed by atoms with Gasteiger partial charge in [-0.2, -0.15) is 5.10 Å². The molecule has 0 aliphatic carbocycles. The van der Waals surface area contributed by atoms with Gasteiger partial charge in [0.2, 0.25) is 0 Å². The van der Waals surface area contributed by atoms with E-state index in [1.165, 1.54) is 12.1 Å². The van der Waals surface area contributed by atoms with Crippen LogP contribution in [0, 0.1) is 18.6 Å². The molecule has 3 rings (SSSR count). The van der Waals surface area contributed by atoms with Crippen LogP contribution in [-0.2, 0) is 23.6 Å². The monoisotopic (exact) mass is 393 g/mol. The lowest BCUT2D eigenvalue weighted by Gasteiger charge is -2.09. The smallest absolute Gasteiger partial charge is 0.263 e. The van der Waals surface area contributed by atoms with Crippen molar-refractivity contribution in [1.82, 2.24) is 14.8 Å². The summed E-state index contributed by atoms with van der Waals surface area (Å²) in [4.78, 5) is 3.94. The highest BCUT2D eigenvalue weighted by Crippen LogP contribution is 2.19. The maximum absolute atomic E-state index is 13.2. The molecule has 0 amide bonds. The Morgan fingerprint density at radius 3 is 2.37 bits per heavy atom. The zero-order chi connectivity index (χ0) is 19.6. The van der Waals surface area contributed by atoms with Gasteiger partial charge in [0.25, 0.3) is 10.0 Å². The Bertz CT molecular complexity index is 1050. The van der Waals surface area contributed by atoms with Gasteiger partial charge in [0, 0.05) is 37.1 Å². The molecule has 0 radical (unpaired) electrons. The van der Waals surface area contributed by atoms with E-state index >= 15 is 0 Å². The van der Waals surface area contributed by atoms with Crippen molar-refractivity contribution in [3.63, 3.8) is 0 Å². The van der Waals surface area contributed by atoms with Gasteiger partial charge < -0.3 is 5.32 Å². The first-order valence-corrected chi connectivity index (χ1v) is 9.39. The topological polar surface area (TPSA) is 88.9 Å². The quantitative estimate of drug-likeness (QED) is 0.672. The number of halogens is 2. The summed E-state index contributed by atoms with van der Waals surface area (Å²) in [6, 6.07) is 5.29. The molecule has 7 nitrogen and oxygen atoms in total. The second kappa shape index (κ2) is 7.31. The van der Waals surface area contributed by atoms with Gasteiger partial charge in [0.15, 0.2) is 0 Å². The Labute approximate surface area is 155 Å². The van der Waals surface area contributed by atoms with Gasteiger partial charge in [-0.15, -0.1) is 0 Å². The lowest BCUT2D eigenvalue weighted by atomic mass is 10.2. The molecule has 0 fully saturated rings. The van der Waals surface area contributed by atoms with Crippen LogP contribution in [0.2, 0.25) is 0 Å². The molecule has 0 unspecified atom stereocenters. The van der Waals surface area contributed by atoms with Crippen LogP contribution in [0.4, 0.5) is 20.3 Å². The Morgan fingerprint density at radius 1 is 1.11 bits per heavy atom. The summed E-state index contributed by atoms with van der Waals surface area (Å²) in [5, 5.41) is 7.22. The SMILES string of the molecule is Cc1c(CNc2ccc(S(=O)(=O)Nc3cc(F)cc(F)c3)cn2)cnn1C. The van der Waals surface area contributed by atoms with Gasteiger partial charge in [-0.1, -0.05) is 0 Å². The second-order valence-electron chi connectivity index (χ2n) is 5.88. The predicted molar refractivity (Wildman–Crippen MR) is 96.7 cm³/mol. The van der Waals surface area contributed by atoms with Crippen LogP contribution in [0.25, 0.3) is 0 Å². The van der Waals surface area contributed by atoms with Crippen LogP contribution in [-0.4, -0.2) is 23.2 Å². The lowest BCUT2D eigenvalue weighted by Crippen LogP contribution is -2.14. The Hall–Kier alpha value is -3.01. The largest absolute Gasteiger partial charge is 0.366 e. The van der Waals surface area contributed by atoms with Gasteiger partial charge >= 0.3 is 0 Å². The van der Waals surface area contributed by atoms with Crippen molar-refractivity contribution >= 4 is 21.5 Å². The Balaban J connectivity index is 1.70. The molecule has 2 heterocycles. The third-order valence-electron chi connectivity index (χ3n) is 3.96. The summed E-state index contributed by atoms with van der Waals surface area (Å²) >= 11 is 0. The summed E-state index contributed by atoms with van der Waals surface area (Å²) in [7, 11) is -2.18. The van der Waals surface area contributed by atoms with Crippen LogP contribution < -0.4 is 10.0 Å². The normalized spacial score (nSPS) is 11.4. The minimum atomic E-state index is -4.02. The summed E-state index contributed by atoms with van der Waals surface area (Å²) in [6.07, 6.45) is 2.90. The minimum Gasteiger partial charge on any atom is -0.366 e. The number of sulfonamides is 1. The number of aryl methyl sites for hydroxylation is 1. The summed E-state index contributed by atoms with van der Waals surface area (Å²) in [5.41, 5.74) is 1.79. The van der Waals surface area contributed by atoms with Gasteiger partial charge in [-0.25, -0.2) is 22.2 Å². The standard InChI is InChI=1S/C17H17F2N5O2S/c1-11-12(9-22-24(11)2)8-20-17-4-3-16(10-21-17)27(25,26)23-15-6-13(18)5-14(19)7-15/h3-7,9-10,23H,8H2,1-2H3,(H,20,21). The summed E-state index contributed by atoms with van der Waals surface area (Å²) < 4.78 is 55.0. The van der Waals surface area contributed by atoms with Crippen molar-refractivity contribution in [2.75, 3.05) is 10.0 Å². The number of nitrogens with one attached hydrogen (secondary N) is 2. The number of pyridine rings is 1. The predicted octanol–water partition coefficient (Wildman–Crippen LogP) is 2.81. The van der Waals surface area contributed by atoms with E-state index in [1.54, 1.807) is 10.9 Å². The molecule has 27 heavy (non-hydrogen) atoms. The maximum Gasteiger partial charge on any atom is 0.263 e. The Kier molecular flexibility index (Phi) is 5.08. The van der Waals surface area contributed by atoms with E-state index in [2.05, 4.69) is 20.1 Å². The van der Waals surface area contributed by atoms with E-state index < -0.39 is 21.7 Å². The van der Waals surface area contributed by atoms with Gasteiger partial charge in [0.1, 0.15) is 22.3 Å². The first-order valence-electron chi connectivity index (χ1n) is 7.91. The highest BCUT2D eigenvalue weighted by Gasteiger charge is 2.16. The maximum atomic E-state index is 13.2. The van der Waals surface area contributed by atoms with Crippen LogP contribution >= 0.6 is 0 Å². The van der Waals surface area contributed by atoms with Gasteiger partial charge in [-0.3, -0.25) is 9.40 Å². The molecular formula is C17H17F2N5O2S. The minimum absolute atomic E-state index is 0.129. The molecule has 0 saturated heterocycles. The molecule has 0 aliphatic rings. The van der Waals surface area contributed by atoms with Gasteiger partial charge in [-0.05, 0) is 31.2 Å². The van der Waals surface area contributed by atoms with E-state index in [9.17, 15) is 17.2 Å². The number of anilines is 2. The fraction of sp³-hybridized carbons (Fsp3) is 0.176. The van der Waals surface area contributed by atoms with Crippen molar-refractivity contribution in [2.24, 2.45) is 7.05 Å². The van der Waals surface area contributed by atoms with E-state index in [0.29, 0.717) is 18.4 Å². The molecular weight excluding hydrogens is 376 g/mol. The number of aromatic nitrogens is 3. The number of hydrogen-bond acceptors (Lipinski definition) is 5. The van der Waals surface area contributed by atoms with E-state index in [0.717, 1.165) is 29.6 Å². The van der Waals surface area contributed by atoms with Crippen LogP contribution in [0.5, 0.6) is 0 Å². The van der Waals surface area contributed by atoms with E-state index in [1.807, 2.05) is 14.0 Å². The average molecular weight is 393 g/mol. The van der Waals surface area contributed by atoms with Gasteiger partial charge in [0.05, 0.1) is 11.9 Å². The zero-order valence-corrected chi connectivity index (χ0v) is 15.4. The molecule has 142 valence electrons. The fourth-order valence-electron chi connectivity index (χ4n) is 2.37. The molecule has 3 aromatic rings. The molecule has 2 aromatic heterocycles. The average Bonchev–Trinajstić information content (AvgIpc) is 2.91. The second-order valence-corrected chi connectivity index (χ2v) is 7.56. The van der Waals surface area contributed by atoms with Crippen LogP contribution in [0.15, 0.2) is 47.6 Å². The van der Waals surface area contributed by atoms with Crippen molar-refractivity contribution in [3.8, 4) is 0 Å². The Morgan fingerprint density at radius 2 is 1.81 bits per heavy atom. The van der Waals surface area contributed by atoms with E-state index in [-0.39, 0.29) is 10.6 Å². The van der Waals surface area contributed by atoms with Crippen molar-refractivity contribution in [1.29, 1.82) is 0 Å². The van der Waals surface area contributed by atoms with Crippen molar-refractivity contribution in [2.45, 2.75) is 18.4 Å². The first kappa shape index (κ1) is 18.8. The number of hydrogen-bond donors (Lipinski definition) is 2. The van der Waals surface area contributed by atoms with Crippen LogP contribution in [0.3, 0.4) is 0 Å². The van der Waals surface area contributed by atoms with E-state index in [4.69, 9.17) is 0 Å². The van der Waals surface area contributed by atoms with Crippen LogP contribution in [0.1, 0.15) is 11.3 Å². The fourth-order valence-corrected chi connectivity index (χ4v) is 3.36. The third kappa shape index (κ3) is 4.40. The molecule has 10 heteroatoms. The summed E-state index contributed by atoms with van der Waals surface area (Å²) in [5.74, 6) is -1.28. The number of benzene rings is 1. The first-order chi connectivity index (χ1) is 12.7. The third-order valence-corrected chi connectivity index (χ3v) is 5.32. The molecule has 2 N–H and O–H groups in total. The molecule has 0 aliphatic heterocycles. The zero-order valence-electron chi connectivity index (χ0n) is 14.6. The molecule has 0 spiro atoms. The van der Waals surface area contributed by atoms with Crippen molar-refractivity contribution < 1.29 is 17.2 Å².